The normalized spacial score (nSPS) is 27.7. The van der Waals surface area contributed by atoms with E-state index in [4.69, 9.17) is 20.7 Å². The lowest BCUT2D eigenvalue weighted by Crippen LogP contribution is -2.43. The highest BCUT2D eigenvalue weighted by Crippen LogP contribution is 2.48. The first-order chi connectivity index (χ1) is 19.6. The fourth-order valence-electron chi connectivity index (χ4n) is 7.19. The predicted molar refractivity (Wildman–Crippen MR) is 157 cm³/mol. The molecule has 4 fully saturated rings. The molecular formula is C31H42N8O. The summed E-state index contributed by atoms with van der Waals surface area (Å²) < 4.78 is 2.28. The topological polar surface area (TPSA) is 114 Å². The Hall–Kier alpha value is -3.20. The Morgan fingerprint density at radius 3 is 2.35 bits per heavy atom. The van der Waals surface area contributed by atoms with E-state index in [1.54, 1.807) is 0 Å². The molecule has 4 aliphatic rings. The number of piperidine rings is 1. The summed E-state index contributed by atoms with van der Waals surface area (Å²) in [7, 11) is 0. The van der Waals surface area contributed by atoms with Crippen LogP contribution in [-0.4, -0.2) is 61.5 Å². The van der Waals surface area contributed by atoms with Gasteiger partial charge in [0.15, 0.2) is 17.0 Å². The van der Waals surface area contributed by atoms with Crippen LogP contribution in [0.2, 0.25) is 0 Å². The van der Waals surface area contributed by atoms with Crippen molar-refractivity contribution in [2.75, 3.05) is 23.7 Å². The maximum atomic E-state index is 13.2. The highest BCUT2D eigenvalue weighted by molar-refractivity contribution is 5.85. The lowest BCUT2D eigenvalue weighted by molar-refractivity contribution is -0.133. The van der Waals surface area contributed by atoms with Gasteiger partial charge in [-0.05, 0) is 69.3 Å². The number of nitrogens with two attached hydrogens (primary N) is 1. The Labute approximate surface area is 236 Å². The van der Waals surface area contributed by atoms with E-state index in [0.717, 1.165) is 75.0 Å². The third-order valence-corrected chi connectivity index (χ3v) is 9.73. The number of hydrogen-bond donors (Lipinski definition) is 3. The van der Waals surface area contributed by atoms with Crippen LogP contribution >= 0.6 is 0 Å². The zero-order valence-corrected chi connectivity index (χ0v) is 23.3. The van der Waals surface area contributed by atoms with Gasteiger partial charge in [0, 0.05) is 43.2 Å². The van der Waals surface area contributed by atoms with Gasteiger partial charge in [-0.3, -0.25) is 4.79 Å². The van der Waals surface area contributed by atoms with Gasteiger partial charge in [0.1, 0.15) is 0 Å². The third-order valence-electron chi connectivity index (χ3n) is 9.73. The van der Waals surface area contributed by atoms with Crippen LogP contribution in [0.1, 0.15) is 88.2 Å². The summed E-state index contributed by atoms with van der Waals surface area (Å²) in [5.41, 5.74) is 9.22. The van der Waals surface area contributed by atoms with E-state index in [1.165, 1.54) is 31.2 Å². The molecule has 2 aromatic heterocycles. The Kier molecular flexibility index (Phi) is 7.08. The second kappa shape index (κ2) is 11.0. The first-order valence-electron chi connectivity index (χ1n) is 15.5. The molecule has 9 heteroatoms. The van der Waals surface area contributed by atoms with E-state index < -0.39 is 0 Å². The van der Waals surface area contributed by atoms with Gasteiger partial charge in [-0.2, -0.15) is 9.97 Å². The highest BCUT2D eigenvalue weighted by atomic mass is 16.2. The summed E-state index contributed by atoms with van der Waals surface area (Å²) >= 11 is 0. The number of carbonyl (C=O) groups excluding carboxylic acids is 1. The highest BCUT2D eigenvalue weighted by Gasteiger charge is 2.46. The molecule has 7 rings (SSSR count). The van der Waals surface area contributed by atoms with Crippen LogP contribution in [0, 0.1) is 5.92 Å². The zero-order valence-electron chi connectivity index (χ0n) is 23.3. The zero-order chi connectivity index (χ0) is 27.1. The van der Waals surface area contributed by atoms with Crippen molar-refractivity contribution in [2.45, 2.75) is 101 Å². The third kappa shape index (κ3) is 5.28. The van der Waals surface area contributed by atoms with Crippen molar-refractivity contribution in [3.63, 3.8) is 0 Å². The molecule has 0 spiro atoms. The van der Waals surface area contributed by atoms with Gasteiger partial charge in [-0.25, -0.2) is 4.98 Å². The fourth-order valence-corrected chi connectivity index (χ4v) is 7.19. The van der Waals surface area contributed by atoms with E-state index >= 15 is 0 Å². The second-order valence-corrected chi connectivity index (χ2v) is 12.5. The molecule has 0 bridgehead atoms. The fraction of sp³-hybridized carbons (Fsp3) is 0.613. The van der Waals surface area contributed by atoms with Crippen LogP contribution in [0.15, 0.2) is 36.7 Å². The van der Waals surface area contributed by atoms with Gasteiger partial charge in [-0.1, -0.05) is 43.2 Å². The van der Waals surface area contributed by atoms with Crippen molar-refractivity contribution in [1.82, 2.24) is 24.4 Å². The first-order valence-corrected chi connectivity index (χ1v) is 15.5. The first kappa shape index (κ1) is 25.7. The van der Waals surface area contributed by atoms with Gasteiger partial charge in [0.25, 0.3) is 0 Å². The van der Waals surface area contributed by atoms with Crippen molar-refractivity contribution >= 4 is 28.8 Å². The summed E-state index contributed by atoms with van der Waals surface area (Å²) in [6.07, 6.45) is 13.8. The number of carbonyl (C=O) groups is 1. The van der Waals surface area contributed by atoms with Crippen molar-refractivity contribution in [3.8, 4) is 0 Å². The van der Waals surface area contributed by atoms with E-state index in [0.29, 0.717) is 35.9 Å². The number of imidazole rings is 1. The molecule has 3 saturated carbocycles. The number of anilines is 2. The lowest BCUT2D eigenvalue weighted by atomic mass is 9.92. The molecule has 3 heterocycles. The van der Waals surface area contributed by atoms with E-state index in [1.807, 2.05) is 12.4 Å². The number of fused-ring (bicyclic) bond motifs is 1. The number of aromatic nitrogens is 4. The van der Waals surface area contributed by atoms with E-state index in [2.05, 4.69) is 44.4 Å². The Bertz CT molecular complexity index is 1320. The number of amides is 1. The van der Waals surface area contributed by atoms with Gasteiger partial charge >= 0.3 is 0 Å². The van der Waals surface area contributed by atoms with E-state index in [-0.39, 0.29) is 12.0 Å². The molecule has 4 N–H and O–H groups in total. The average molecular weight is 543 g/mol. The Morgan fingerprint density at radius 2 is 1.60 bits per heavy atom. The summed E-state index contributed by atoms with van der Waals surface area (Å²) in [6.45, 7) is 1.57. The van der Waals surface area contributed by atoms with Crippen LogP contribution in [0.25, 0.3) is 11.2 Å². The molecule has 212 valence electrons. The lowest BCUT2D eigenvalue weighted by Gasteiger charge is -2.33. The molecule has 1 aliphatic heterocycles. The SMILES string of the molecule is NC1CCC(Nc2nc(NC3CCN(C(=O)[C@H]4C[C@@H]4c4ccccc4)CC3)c3ncn(C4CCCC4)c3n2)CC1. The van der Waals surface area contributed by atoms with Crippen LogP contribution in [-0.2, 0) is 4.79 Å². The summed E-state index contributed by atoms with van der Waals surface area (Å²) in [5, 5.41) is 7.35. The summed E-state index contributed by atoms with van der Waals surface area (Å²) in [4.78, 5) is 30.1. The minimum Gasteiger partial charge on any atom is -0.365 e. The molecule has 9 nitrogen and oxygen atoms in total. The minimum absolute atomic E-state index is 0.149. The van der Waals surface area contributed by atoms with Crippen molar-refractivity contribution in [2.24, 2.45) is 11.7 Å². The number of nitrogens with zero attached hydrogens (tertiary/aromatic N) is 5. The molecule has 40 heavy (non-hydrogen) atoms. The molecule has 3 aliphatic carbocycles. The molecular weight excluding hydrogens is 500 g/mol. The van der Waals surface area contributed by atoms with Crippen LogP contribution in [0.3, 0.4) is 0 Å². The maximum absolute atomic E-state index is 13.2. The summed E-state index contributed by atoms with van der Waals surface area (Å²) in [5.74, 6) is 2.36. The standard InChI is InChI=1S/C31H42N8O/c32-21-10-12-22(13-11-21)35-31-36-28(27-29(37-31)39(19-33-27)24-8-4-5-9-24)34-23-14-16-38(17-15-23)30(40)26-18-25(26)20-6-2-1-3-7-20/h1-3,6-7,19,21-26H,4-5,8-18,32H2,(H2,34,35,36,37)/t21?,22?,25-,26+/m1/s1. The van der Waals surface area contributed by atoms with Crippen molar-refractivity contribution in [3.05, 3.63) is 42.2 Å². The largest absolute Gasteiger partial charge is 0.365 e. The minimum atomic E-state index is 0.149. The Balaban J connectivity index is 1.04. The predicted octanol–water partition coefficient (Wildman–Crippen LogP) is 4.83. The van der Waals surface area contributed by atoms with Gasteiger partial charge in [0.05, 0.1) is 6.33 Å². The molecule has 0 unspecified atom stereocenters. The number of likely N-dealkylation sites (tertiary alicyclic amines) is 1. The van der Waals surface area contributed by atoms with Crippen LogP contribution < -0.4 is 16.4 Å². The smallest absolute Gasteiger partial charge is 0.227 e. The second-order valence-electron chi connectivity index (χ2n) is 12.5. The maximum Gasteiger partial charge on any atom is 0.227 e. The van der Waals surface area contributed by atoms with Gasteiger partial charge in [0.2, 0.25) is 11.9 Å². The monoisotopic (exact) mass is 542 g/mol. The van der Waals surface area contributed by atoms with E-state index in [9.17, 15) is 4.79 Å². The summed E-state index contributed by atoms with van der Waals surface area (Å²) in [6, 6.07) is 11.9. The molecule has 1 aromatic carbocycles. The number of benzene rings is 1. The molecule has 1 amide bonds. The van der Waals surface area contributed by atoms with Gasteiger partial charge < -0.3 is 25.8 Å². The number of rotatable bonds is 7. The molecule has 2 atom stereocenters. The van der Waals surface area contributed by atoms with Crippen molar-refractivity contribution in [1.29, 1.82) is 0 Å². The van der Waals surface area contributed by atoms with Crippen LogP contribution in [0.4, 0.5) is 11.8 Å². The number of nitrogens with one attached hydrogen (secondary N) is 2. The van der Waals surface area contributed by atoms with Crippen molar-refractivity contribution < 1.29 is 4.79 Å². The molecule has 3 aromatic rings. The van der Waals surface area contributed by atoms with Crippen LogP contribution in [0.5, 0.6) is 0 Å². The van der Waals surface area contributed by atoms with Gasteiger partial charge in [-0.15, -0.1) is 0 Å². The average Bonchev–Trinajstić information content (AvgIpc) is 3.37. The molecule has 0 radical (unpaired) electrons. The Morgan fingerprint density at radius 1 is 0.875 bits per heavy atom. The molecule has 1 saturated heterocycles. The number of hydrogen-bond acceptors (Lipinski definition) is 7. The quantitative estimate of drug-likeness (QED) is 0.392.